The van der Waals surface area contributed by atoms with Crippen molar-refractivity contribution < 1.29 is 9.18 Å². The third-order valence-electron chi connectivity index (χ3n) is 4.18. The molecule has 2 aromatic rings. The third kappa shape index (κ3) is 2.73. The van der Waals surface area contributed by atoms with E-state index in [1.54, 1.807) is 18.3 Å². The second-order valence-electron chi connectivity index (χ2n) is 5.53. The number of aromatic nitrogens is 1. The van der Waals surface area contributed by atoms with E-state index in [4.69, 9.17) is 0 Å². The van der Waals surface area contributed by atoms with Gasteiger partial charge in [-0.25, -0.2) is 4.39 Å². The van der Waals surface area contributed by atoms with Gasteiger partial charge in [0.25, 0.3) is 0 Å². The van der Waals surface area contributed by atoms with Gasteiger partial charge < -0.3 is 0 Å². The van der Waals surface area contributed by atoms with Crippen molar-refractivity contribution in [3.05, 3.63) is 65.7 Å². The Morgan fingerprint density at radius 2 is 1.86 bits per heavy atom. The number of ketones is 1. The monoisotopic (exact) mass is 285 g/mol. The Hall–Kier alpha value is -2.03. The average molecular weight is 285 g/mol. The molecular weight excluding hydrogens is 265 g/mol. The first-order valence-corrected chi connectivity index (χ1v) is 7.24. The summed E-state index contributed by atoms with van der Waals surface area (Å²) in [6, 6.07) is 11.4. The summed E-state index contributed by atoms with van der Waals surface area (Å²) < 4.78 is 13.1. The van der Waals surface area contributed by atoms with Crippen molar-refractivity contribution in [2.24, 2.45) is 5.92 Å². The van der Waals surface area contributed by atoms with Crippen LogP contribution in [-0.4, -0.2) is 10.8 Å². The predicted octanol–water partition coefficient (Wildman–Crippen LogP) is 4.41. The Labute approximate surface area is 125 Å². The number of hydrogen-bond acceptors (Lipinski definition) is 2. The van der Waals surface area contributed by atoms with Crippen LogP contribution in [0.15, 0.2) is 48.7 Å². The number of halogens is 1. The first kappa shape index (κ1) is 15.4. The Bertz CT molecular complexity index is 607. The van der Waals surface area contributed by atoms with Gasteiger partial charge in [-0.05, 0) is 48.7 Å². The van der Waals surface area contributed by atoms with Crippen molar-refractivity contribution in [2.75, 3.05) is 0 Å². The fourth-order valence-corrected chi connectivity index (χ4v) is 2.91. The fourth-order valence-electron chi connectivity index (χ4n) is 2.91. The van der Waals surface area contributed by atoms with Gasteiger partial charge in [0.05, 0.1) is 11.1 Å². The van der Waals surface area contributed by atoms with Crippen LogP contribution in [0.4, 0.5) is 4.39 Å². The van der Waals surface area contributed by atoms with Crippen molar-refractivity contribution in [1.29, 1.82) is 0 Å². The van der Waals surface area contributed by atoms with E-state index in [0.717, 1.165) is 5.69 Å². The summed E-state index contributed by atoms with van der Waals surface area (Å²) in [5.74, 6) is -0.246. The summed E-state index contributed by atoms with van der Waals surface area (Å²) in [7, 11) is 0. The molecule has 1 atom stereocenters. The second kappa shape index (κ2) is 6.17. The number of nitrogens with zero attached hydrogens (tertiary/aromatic N) is 1. The van der Waals surface area contributed by atoms with E-state index in [2.05, 4.69) is 4.98 Å². The summed E-state index contributed by atoms with van der Waals surface area (Å²) in [6.07, 6.45) is 2.36. The highest BCUT2D eigenvalue weighted by Gasteiger charge is 2.42. The number of carbonyl (C=O) groups is 1. The Balaban J connectivity index is 2.55. The van der Waals surface area contributed by atoms with Crippen molar-refractivity contribution in [1.82, 2.24) is 4.98 Å². The molecule has 0 N–H and O–H groups in total. The number of carbonyl (C=O) groups excluding carboxylic acids is 1. The van der Waals surface area contributed by atoms with Gasteiger partial charge in [-0.3, -0.25) is 9.78 Å². The molecule has 1 aromatic carbocycles. The lowest BCUT2D eigenvalue weighted by Crippen LogP contribution is -2.41. The van der Waals surface area contributed by atoms with Crippen molar-refractivity contribution in [2.45, 2.75) is 32.6 Å². The quantitative estimate of drug-likeness (QED) is 0.762. The fraction of sp³-hybridized carbons (Fsp3) is 0.333. The van der Waals surface area contributed by atoms with Crippen molar-refractivity contribution in [3.8, 4) is 0 Å². The maximum absolute atomic E-state index is 13.1. The lowest BCUT2D eigenvalue weighted by Gasteiger charge is -2.35. The van der Waals surface area contributed by atoms with E-state index in [9.17, 15) is 9.18 Å². The lowest BCUT2D eigenvalue weighted by atomic mass is 9.67. The minimum atomic E-state index is -0.681. The number of Topliss-reactive ketones (excluding diaryl/α,β-unsaturated/α-hetero) is 1. The molecule has 110 valence electrons. The molecule has 3 heteroatoms. The molecular formula is C18H20FNO. The SMILES string of the molecule is CCC(C(=O)c1ccc(F)cc1)(c1ccccn1)C(C)C. The predicted molar refractivity (Wildman–Crippen MR) is 81.8 cm³/mol. The molecule has 1 unspecified atom stereocenters. The summed E-state index contributed by atoms with van der Waals surface area (Å²) in [5, 5.41) is 0. The molecule has 0 spiro atoms. The molecule has 1 heterocycles. The van der Waals surface area contributed by atoms with E-state index in [1.165, 1.54) is 12.1 Å². The van der Waals surface area contributed by atoms with Gasteiger partial charge in [-0.15, -0.1) is 0 Å². The number of benzene rings is 1. The van der Waals surface area contributed by atoms with Gasteiger partial charge in [-0.2, -0.15) is 0 Å². The van der Waals surface area contributed by atoms with Gasteiger partial charge in [0.15, 0.2) is 5.78 Å². The molecule has 21 heavy (non-hydrogen) atoms. The van der Waals surface area contributed by atoms with E-state index in [0.29, 0.717) is 12.0 Å². The van der Waals surface area contributed by atoms with Crippen LogP contribution in [0, 0.1) is 11.7 Å². The maximum atomic E-state index is 13.1. The highest BCUT2D eigenvalue weighted by molar-refractivity contribution is 6.04. The van der Waals surface area contributed by atoms with Crippen molar-refractivity contribution in [3.63, 3.8) is 0 Å². The van der Waals surface area contributed by atoms with Crippen molar-refractivity contribution >= 4 is 5.78 Å². The van der Waals surface area contributed by atoms with Crippen LogP contribution in [-0.2, 0) is 5.41 Å². The molecule has 0 saturated heterocycles. The second-order valence-corrected chi connectivity index (χ2v) is 5.53. The zero-order valence-corrected chi connectivity index (χ0v) is 12.6. The highest BCUT2D eigenvalue weighted by atomic mass is 19.1. The average Bonchev–Trinajstić information content (AvgIpc) is 2.50. The van der Waals surface area contributed by atoms with Gasteiger partial charge in [0.2, 0.25) is 0 Å². The minimum Gasteiger partial charge on any atom is -0.293 e. The van der Waals surface area contributed by atoms with Gasteiger partial charge in [0.1, 0.15) is 5.82 Å². The number of rotatable bonds is 5. The molecule has 1 aromatic heterocycles. The molecule has 0 amide bonds. The lowest BCUT2D eigenvalue weighted by molar-refractivity contribution is 0.0822. The summed E-state index contributed by atoms with van der Waals surface area (Å²) >= 11 is 0. The standard InChI is InChI=1S/C18H20FNO/c1-4-18(13(2)3,16-7-5-6-12-20-16)17(21)14-8-10-15(19)11-9-14/h5-13H,4H2,1-3H3. The Morgan fingerprint density at radius 3 is 2.33 bits per heavy atom. The first-order valence-electron chi connectivity index (χ1n) is 7.24. The van der Waals surface area contributed by atoms with Crippen LogP contribution < -0.4 is 0 Å². The summed E-state index contributed by atoms with van der Waals surface area (Å²) in [4.78, 5) is 17.5. The van der Waals surface area contributed by atoms with Crippen LogP contribution in [0.25, 0.3) is 0 Å². The minimum absolute atomic E-state index is 0.00120. The number of pyridine rings is 1. The van der Waals surface area contributed by atoms with Gasteiger partial charge >= 0.3 is 0 Å². The molecule has 0 aliphatic carbocycles. The summed E-state index contributed by atoms with van der Waals surface area (Å²) in [5.41, 5.74) is 0.619. The van der Waals surface area contributed by atoms with Crippen LogP contribution in [0.1, 0.15) is 43.2 Å². The van der Waals surface area contributed by atoms with E-state index >= 15 is 0 Å². The molecule has 0 fully saturated rings. The van der Waals surface area contributed by atoms with E-state index in [1.807, 2.05) is 39.0 Å². The largest absolute Gasteiger partial charge is 0.293 e. The topological polar surface area (TPSA) is 30.0 Å². The molecule has 0 saturated carbocycles. The Kier molecular flexibility index (Phi) is 4.51. The smallest absolute Gasteiger partial charge is 0.175 e. The zero-order chi connectivity index (χ0) is 15.5. The third-order valence-corrected chi connectivity index (χ3v) is 4.18. The van der Waals surface area contributed by atoms with E-state index < -0.39 is 5.41 Å². The Morgan fingerprint density at radius 1 is 1.19 bits per heavy atom. The number of hydrogen-bond donors (Lipinski definition) is 0. The molecule has 0 aliphatic rings. The zero-order valence-electron chi connectivity index (χ0n) is 12.6. The van der Waals surface area contributed by atoms with Crippen LogP contribution in [0.2, 0.25) is 0 Å². The van der Waals surface area contributed by atoms with Gasteiger partial charge in [0, 0.05) is 11.8 Å². The molecule has 2 rings (SSSR count). The normalized spacial score (nSPS) is 14.0. The first-order chi connectivity index (χ1) is 10.0. The highest BCUT2D eigenvalue weighted by Crippen LogP contribution is 2.37. The summed E-state index contributed by atoms with van der Waals surface area (Å²) in [6.45, 7) is 6.05. The molecule has 0 radical (unpaired) electrons. The van der Waals surface area contributed by atoms with Gasteiger partial charge in [-0.1, -0.05) is 26.8 Å². The van der Waals surface area contributed by atoms with Crippen LogP contribution in [0.3, 0.4) is 0 Å². The van der Waals surface area contributed by atoms with Crippen LogP contribution in [0.5, 0.6) is 0 Å². The maximum Gasteiger partial charge on any atom is 0.175 e. The molecule has 0 aliphatic heterocycles. The molecule has 0 bridgehead atoms. The molecule has 2 nitrogen and oxygen atoms in total. The van der Waals surface area contributed by atoms with Crippen LogP contribution >= 0.6 is 0 Å². The van der Waals surface area contributed by atoms with E-state index in [-0.39, 0.29) is 17.5 Å².